The van der Waals surface area contributed by atoms with E-state index in [1.165, 1.54) is 103 Å². The molecule has 2 atom stereocenters. The Morgan fingerprint density at radius 2 is 0.712 bits per heavy atom. The second-order valence-electron chi connectivity index (χ2n) is 15.7. The highest BCUT2D eigenvalue weighted by molar-refractivity contribution is 7.53. The van der Waals surface area contributed by atoms with Crippen LogP contribution in [0.25, 0.3) is 0 Å². The van der Waals surface area contributed by atoms with Gasteiger partial charge in [0, 0.05) is 12.8 Å². The molecule has 8 heteroatoms. The fraction of sp³-hybridized carbons (Fsp3) is 0.955. The highest BCUT2D eigenvalue weighted by Crippen LogP contribution is 2.49. The van der Waals surface area contributed by atoms with E-state index in [0.29, 0.717) is 19.0 Å². The highest BCUT2D eigenvalue weighted by atomic mass is 31.2. The molecule has 0 aliphatic rings. The number of carbonyl (C=O) groups is 2. The lowest BCUT2D eigenvalue weighted by molar-refractivity contribution is -0.123. The van der Waals surface area contributed by atoms with E-state index in [2.05, 4.69) is 45.3 Å². The summed E-state index contributed by atoms with van der Waals surface area (Å²) in [5.41, 5.74) is 0. The minimum Gasteiger partial charge on any atom is -0.351 e. The van der Waals surface area contributed by atoms with Crippen LogP contribution in [-0.2, 0) is 23.2 Å². The van der Waals surface area contributed by atoms with Gasteiger partial charge in [-0.25, -0.2) is 0 Å². The molecule has 310 valence electrons. The molecule has 7 nitrogen and oxygen atoms in total. The van der Waals surface area contributed by atoms with Gasteiger partial charge >= 0.3 is 7.60 Å². The molecule has 2 N–H and O–H groups in total. The van der Waals surface area contributed by atoms with E-state index in [1.54, 1.807) is 0 Å². The summed E-state index contributed by atoms with van der Waals surface area (Å²) in [4.78, 5) is 26.0. The normalized spacial score (nSPS) is 13.9. The third kappa shape index (κ3) is 33.6. The second kappa shape index (κ2) is 38.4. The number of unbranched alkanes of at least 4 members (excludes halogenated alkanes) is 23. The molecule has 0 saturated carbocycles. The topological polar surface area (TPSA) is 93.7 Å². The summed E-state index contributed by atoms with van der Waals surface area (Å²) in [6.07, 6.45) is 35.6. The van der Waals surface area contributed by atoms with Crippen LogP contribution < -0.4 is 10.6 Å². The predicted molar refractivity (Wildman–Crippen MR) is 224 cm³/mol. The highest BCUT2D eigenvalue weighted by Gasteiger charge is 2.28. The van der Waals surface area contributed by atoms with Gasteiger partial charge in [0.1, 0.15) is 0 Å². The lowest BCUT2D eigenvalue weighted by Crippen LogP contribution is -2.39. The molecule has 0 aromatic heterocycles. The largest absolute Gasteiger partial charge is 0.351 e. The Balaban J connectivity index is 5.09. The van der Waals surface area contributed by atoms with Crippen molar-refractivity contribution in [3.8, 4) is 0 Å². The van der Waals surface area contributed by atoms with Crippen molar-refractivity contribution >= 4 is 19.4 Å². The molecule has 0 aliphatic heterocycles. The Morgan fingerprint density at radius 3 is 1.04 bits per heavy atom. The van der Waals surface area contributed by atoms with Gasteiger partial charge in [-0.05, 0) is 32.1 Å². The third-order valence-electron chi connectivity index (χ3n) is 10.3. The van der Waals surface area contributed by atoms with Gasteiger partial charge in [0.15, 0.2) is 0 Å². The van der Waals surface area contributed by atoms with E-state index in [9.17, 15) is 14.2 Å². The molecule has 2 amide bonds. The maximum absolute atomic E-state index is 14.1. The smallest absolute Gasteiger partial charge is 0.330 e. The number of nitrogens with one attached hydrogen (secondary N) is 2. The van der Waals surface area contributed by atoms with E-state index in [4.69, 9.17) is 9.05 Å². The van der Waals surface area contributed by atoms with Crippen LogP contribution in [0.15, 0.2) is 0 Å². The number of amides is 2. The van der Waals surface area contributed by atoms with Crippen LogP contribution in [0.3, 0.4) is 0 Å². The Kier molecular flexibility index (Phi) is 37.7. The SMILES string of the molecule is CCCCCCCCCCCC(=O)NC(CCCCCC)COP(=O)(CCCC)OCC(CCCCCC)NC(=O)CCCCCCCCCCC. The van der Waals surface area contributed by atoms with Gasteiger partial charge in [0.25, 0.3) is 0 Å². The van der Waals surface area contributed by atoms with E-state index < -0.39 is 7.60 Å². The standard InChI is InChI=1S/C44H89N2O5P/c1-6-11-16-20-22-24-26-28-32-36-43(47)45-41(34-30-18-13-8-3)39-50-52(49,38-15-10-5)51-40-42(35-31-19-14-9-4)46-44(48)37-33-29-27-25-23-21-17-12-7-2/h41-42H,6-40H2,1-5H3,(H,45,47)(H,46,48). The summed E-state index contributed by atoms with van der Waals surface area (Å²) in [5.74, 6) is 0.136. The molecule has 0 fully saturated rings. The average molecular weight is 757 g/mol. The fourth-order valence-corrected chi connectivity index (χ4v) is 8.60. The van der Waals surface area contributed by atoms with Gasteiger partial charge in [-0.15, -0.1) is 0 Å². The Labute approximate surface area is 324 Å². The minimum absolute atomic E-state index is 0.0678. The van der Waals surface area contributed by atoms with Crippen LogP contribution >= 0.6 is 7.60 Å². The molecule has 0 saturated heterocycles. The summed E-state index contributed by atoms with van der Waals surface area (Å²) >= 11 is 0. The molecule has 0 radical (unpaired) electrons. The number of hydrogen-bond acceptors (Lipinski definition) is 5. The average Bonchev–Trinajstić information content (AvgIpc) is 3.14. The van der Waals surface area contributed by atoms with E-state index in [1.807, 2.05) is 0 Å². The third-order valence-corrected chi connectivity index (χ3v) is 12.2. The van der Waals surface area contributed by atoms with E-state index in [0.717, 1.165) is 89.9 Å². The van der Waals surface area contributed by atoms with Gasteiger partial charge in [-0.2, -0.15) is 0 Å². The summed E-state index contributed by atoms with van der Waals surface area (Å²) < 4.78 is 26.5. The first-order valence-corrected chi connectivity index (χ1v) is 24.5. The van der Waals surface area contributed by atoms with Crippen LogP contribution in [0.5, 0.6) is 0 Å². The van der Waals surface area contributed by atoms with Gasteiger partial charge in [0.05, 0.1) is 31.5 Å². The summed E-state index contributed by atoms with van der Waals surface area (Å²) in [6.45, 7) is 11.4. The zero-order chi connectivity index (χ0) is 38.4. The van der Waals surface area contributed by atoms with Gasteiger partial charge in [0.2, 0.25) is 11.8 Å². The number of carbonyl (C=O) groups excluding carboxylic acids is 2. The van der Waals surface area contributed by atoms with Crippen molar-refractivity contribution < 1.29 is 23.2 Å². The lowest BCUT2D eigenvalue weighted by atomic mass is 10.1. The maximum Gasteiger partial charge on any atom is 0.330 e. The molecular formula is C44H89N2O5P. The molecule has 2 unspecified atom stereocenters. The molecule has 0 aromatic rings. The van der Waals surface area contributed by atoms with Crippen molar-refractivity contribution in [2.75, 3.05) is 19.4 Å². The Bertz CT molecular complexity index is 781. The Morgan fingerprint density at radius 1 is 0.423 bits per heavy atom. The van der Waals surface area contributed by atoms with Gasteiger partial charge < -0.3 is 19.7 Å². The van der Waals surface area contributed by atoms with Crippen LogP contribution in [-0.4, -0.2) is 43.3 Å². The Hall–Kier alpha value is -0.910. The van der Waals surface area contributed by atoms with Crippen LogP contribution in [0.2, 0.25) is 0 Å². The van der Waals surface area contributed by atoms with Crippen LogP contribution in [0.1, 0.15) is 240 Å². The van der Waals surface area contributed by atoms with Crippen LogP contribution in [0.4, 0.5) is 0 Å². The second-order valence-corrected chi connectivity index (χ2v) is 17.8. The van der Waals surface area contributed by atoms with Crippen molar-refractivity contribution in [1.29, 1.82) is 0 Å². The molecule has 0 heterocycles. The predicted octanol–water partition coefficient (Wildman–Crippen LogP) is 13.8. The summed E-state index contributed by atoms with van der Waals surface area (Å²) in [5, 5.41) is 6.45. The summed E-state index contributed by atoms with van der Waals surface area (Å²) in [7, 11) is -3.41. The first-order valence-electron chi connectivity index (χ1n) is 22.8. The minimum atomic E-state index is -3.41. The van der Waals surface area contributed by atoms with E-state index >= 15 is 0 Å². The first kappa shape index (κ1) is 51.1. The molecule has 0 rings (SSSR count). The first-order chi connectivity index (χ1) is 25.3. The van der Waals surface area contributed by atoms with Crippen molar-refractivity contribution in [2.45, 2.75) is 252 Å². The zero-order valence-electron chi connectivity index (χ0n) is 35.4. The van der Waals surface area contributed by atoms with Crippen molar-refractivity contribution in [3.63, 3.8) is 0 Å². The quantitative estimate of drug-likeness (QED) is 0.0478. The van der Waals surface area contributed by atoms with E-state index in [-0.39, 0.29) is 37.1 Å². The maximum atomic E-state index is 14.1. The van der Waals surface area contributed by atoms with Crippen molar-refractivity contribution in [1.82, 2.24) is 10.6 Å². The molecule has 52 heavy (non-hydrogen) atoms. The molecule has 0 aliphatic carbocycles. The van der Waals surface area contributed by atoms with Crippen LogP contribution in [0, 0.1) is 0 Å². The van der Waals surface area contributed by atoms with Gasteiger partial charge in [-0.1, -0.05) is 195 Å². The van der Waals surface area contributed by atoms with Crippen molar-refractivity contribution in [3.05, 3.63) is 0 Å². The molecular weight excluding hydrogens is 667 g/mol. The molecule has 0 spiro atoms. The molecule has 0 aromatic carbocycles. The molecule has 0 bridgehead atoms. The number of hydrogen-bond donors (Lipinski definition) is 2. The lowest BCUT2D eigenvalue weighted by Gasteiger charge is -2.26. The monoisotopic (exact) mass is 757 g/mol. The fourth-order valence-electron chi connectivity index (χ4n) is 6.75. The summed E-state index contributed by atoms with van der Waals surface area (Å²) in [6, 6.07) is -0.357. The zero-order valence-corrected chi connectivity index (χ0v) is 36.3. The van der Waals surface area contributed by atoms with Crippen molar-refractivity contribution in [2.24, 2.45) is 0 Å². The number of rotatable bonds is 41. The van der Waals surface area contributed by atoms with Gasteiger partial charge in [-0.3, -0.25) is 14.2 Å².